The van der Waals surface area contributed by atoms with E-state index in [1.54, 1.807) is 0 Å². The second-order valence-corrected chi connectivity index (χ2v) is 7.55. The first-order valence-corrected chi connectivity index (χ1v) is 8.59. The summed E-state index contributed by atoms with van der Waals surface area (Å²) >= 11 is 3.68. The van der Waals surface area contributed by atoms with E-state index in [4.69, 9.17) is 14.7 Å². The summed E-state index contributed by atoms with van der Waals surface area (Å²) in [5.41, 5.74) is 1.07. The van der Waals surface area contributed by atoms with Crippen molar-refractivity contribution in [2.75, 3.05) is 25.1 Å². The van der Waals surface area contributed by atoms with E-state index >= 15 is 0 Å². The first kappa shape index (κ1) is 16.7. The Bertz CT molecular complexity index is 479. The molecule has 0 bridgehead atoms. The van der Waals surface area contributed by atoms with Gasteiger partial charge in [-0.3, -0.25) is 0 Å². The lowest BCUT2D eigenvalue weighted by Gasteiger charge is -2.22. The molecule has 1 aliphatic heterocycles. The molecule has 0 saturated carbocycles. The minimum absolute atomic E-state index is 0.00859. The van der Waals surface area contributed by atoms with Gasteiger partial charge in [0.05, 0.1) is 10.2 Å². The molecule has 0 amide bonds. The van der Waals surface area contributed by atoms with Gasteiger partial charge < -0.3 is 10.1 Å². The Balaban J connectivity index is 2.30. The Morgan fingerprint density at radius 3 is 2.67 bits per heavy atom. The maximum Gasteiger partial charge on any atom is 0.144 e. The summed E-state index contributed by atoms with van der Waals surface area (Å²) in [6.07, 6.45) is 3.09. The lowest BCUT2D eigenvalue weighted by Crippen LogP contribution is -2.20. The molecule has 1 aliphatic rings. The van der Waals surface area contributed by atoms with Crippen LogP contribution in [0.15, 0.2) is 4.47 Å². The van der Waals surface area contributed by atoms with Gasteiger partial charge in [0.15, 0.2) is 0 Å². The molecule has 1 N–H and O–H groups in total. The van der Waals surface area contributed by atoms with Crippen molar-refractivity contribution in [1.29, 1.82) is 0 Å². The largest absolute Gasteiger partial charge is 0.381 e. The van der Waals surface area contributed by atoms with Gasteiger partial charge in [0, 0.05) is 31.6 Å². The zero-order chi connectivity index (χ0) is 15.5. The van der Waals surface area contributed by atoms with Crippen LogP contribution in [0.1, 0.15) is 52.1 Å². The maximum absolute atomic E-state index is 5.47. The minimum Gasteiger partial charge on any atom is -0.381 e. The molecule has 1 saturated heterocycles. The number of aromatic nitrogens is 2. The number of anilines is 1. The molecular formula is C16H26BrN3O. The van der Waals surface area contributed by atoms with Crippen molar-refractivity contribution in [2.24, 2.45) is 5.92 Å². The number of hydrogen-bond donors (Lipinski definition) is 1. The molecule has 1 atom stereocenters. The Morgan fingerprint density at radius 2 is 2.10 bits per heavy atom. The van der Waals surface area contributed by atoms with Gasteiger partial charge >= 0.3 is 0 Å². The third-order valence-corrected chi connectivity index (χ3v) is 4.40. The van der Waals surface area contributed by atoms with Crippen LogP contribution in [-0.2, 0) is 16.6 Å². The van der Waals surface area contributed by atoms with Crippen molar-refractivity contribution in [3.8, 4) is 0 Å². The predicted molar refractivity (Wildman–Crippen MR) is 89.8 cm³/mol. The van der Waals surface area contributed by atoms with E-state index in [1.165, 1.54) is 0 Å². The van der Waals surface area contributed by atoms with Crippen LogP contribution in [0.4, 0.5) is 5.82 Å². The SMILES string of the molecule is CCCNc1nc(CC2CCOC2)nc(C(C)(C)C)c1Br. The smallest absolute Gasteiger partial charge is 0.144 e. The molecule has 2 rings (SSSR count). The summed E-state index contributed by atoms with van der Waals surface area (Å²) in [7, 11) is 0. The number of nitrogens with zero attached hydrogens (tertiary/aromatic N) is 2. The van der Waals surface area contributed by atoms with Gasteiger partial charge in [-0.1, -0.05) is 27.7 Å². The zero-order valence-electron chi connectivity index (χ0n) is 13.5. The van der Waals surface area contributed by atoms with Crippen LogP contribution in [0, 0.1) is 5.92 Å². The first-order chi connectivity index (χ1) is 9.91. The number of ether oxygens (including phenoxy) is 1. The number of nitrogens with one attached hydrogen (secondary N) is 1. The highest BCUT2D eigenvalue weighted by molar-refractivity contribution is 9.10. The monoisotopic (exact) mass is 355 g/mol. The molecule has 118 valence electrons. The average molecular weight is 356 g/mol. The summed E-state index contributed by atoms with van der Waals surface area (Å²) in [4.78, 5) is 9.55. The van der Waals surface area contributed by atoms with Crippen LogP contribution in [-0.4, -0.2) is 29.7 Å². The fourth-order valence-corrected chi connectivity index (χ4v) is 3.36. The van der Waals surface area contributed by atoms with E-state index in [9.17, 15) is 0 Å². The summed E-state index contributed by atoms with van der Waals surface area (Å²) in [6.45, 7) is 11.3. The predicted octanol–water partition coefficient (Wildman–Crippen LogP) is 3.94. The van der Waals surface area contributed by atoms with Gasteiger partial charge in [-0.2, -0.15) is 0 Å². The molecule has 2 heterocycles. The summed E-state index contributed by atoms with van der Waals surface area (Å²) in [6, 6.07) is 0. The van der Waals surface area contributed by atoms with E-state index in [0.29, 0.717) is 5.92 Å². The maximum atomic E-state index is 5.47. The van der Waals surface area contributed by atoms with Crippen LogP contribution >= 0.6 is 15.9 Å². The molecule has 0 spiro atoms. The summed E-state index contributed by atoms with van der Waals surface area (Å²) < 4.78 is 6.46. The van der Waals surface area contributed by atoms with E-state index in [0.717, 1.165) is 60.8 Å². The molecule has 1 aromatic rings. The summed E-state index contributed by atoms with van der Waals surface area (Å²) in [5.74, 6) is 2.40. The van der Waals surface area contributed by atoms with E-state index in [-0.39, 0.29) is 5.41 Å². The Morgan fingerprint density at radius 1 is 1.33 bits per heavy atom. The fourth-order valence-electron chi connectivity index (χ4n) is 2.44. The Kier molecular flexibility index (Phi) is 5.60. The highest BCUT2D eigenvalue weighted by Gasteiger charge is 2.25. The molecule has 1 aromatic heterocycles. The van der Waals surface area contributed by atoms with Crippen molar-refractivity contribution in [2.45, 2.75) is 52.4 Å². The van der Waals surface area contributed by atoms with Gasteiger partial charge in [-0.25, -0.2) is 9.97 Å². The first-order valence-electron chi connectivity index (χ1n) is 7.80. The van der Waals surface area contributed by atoms with Crippen LogP contribution in [0.2, 0.25) is 0 Å². The van der Waals surface area contributed by atoms with Gasteiger partial charge in [-0.05, 0) is 34.7 Å². The quantitative estimate of drug-likeness (QED) is 0.868. The van der Waals surface area contributed by atoms with Crippen molar-refractivity contribution in [1.82, 2.24) is 9.97 Å². The average Bonchev–Trinajstić information content (AvgIpc) is 2.90. The van der Waals surface area contributed by atoms with E-state index in [1.807, 2.05) is 0 Å². The third-order valence-electron chi connectivity index (χ3n) is 3.65. The standard InChI is InChI=1S/C16H26BrN3O/c1-5-7-18-15-13(17)14(16(2,3)4)19-12(20-15)9-11-6-8-21-10-11/h11H,5-10H2,1-4H3,(H,18,19,20). The van der Waals surface area contributed by atoms with E-state index < -0.39 is 0 Å². The topological polar surface area (TPSA) is 47.0 Å². The molecular weight excluding hydrogens is 330 g/mol. The lowest BCUT2D eigenvalue weighted by atomic mass is 9.91. The molecule has 0 radical (unpaired) electrons. The van der Waals surface area contributed by atoms with Crippen LogP contribution in [0.3, 0.4) is 0 Å². The second-order valence-electron chi connectivity index (χ2n) is 6.76. The van der Waals surface area contributed by atoms with Crippen molar-refractivity contribution in [3.63, 3.8) is 0 Å². The highest BCUT2D eigenvalue weighted by atomic mass is 79.9. The number of rotatable bonds is 5. The molecule has 0 aliphatic carbocycles. The third kappa shape index (κ3) is 4.39. The minimum atomic E-state index is -0.00859. The lowest BCUT2D eigenvalue weighted by molar-refractivity contribution is 0.185. The molecule has 1 fully saturated rings. The number of hydrogen-bond acceptors (Lipinski definition) is 4. The van der Waals surface area contributed by atoms with Crippen LogP contribution in [0.25, 0.3) is 0 Å². The van der Waals surface area contributed by atoms with E-state index in [2.05, 4.69) is 48.9 Å². The second kappa shape index (κ2) is 7.05. The van der Waals surface area contributed by atoms with Crippen LogP contribution < -0.4 is 5.32 Å². The van der Waals surface area contributed by atoms with Gasteiger partial charge in [0.1, 0.15) is 11.6 Å². The normalized spacial score (nSPS) is 19.0. The Hall–Kier alpha value is -0.680. The Labute approximate surface area is 136 Å². The molecule has 0 aromatic carbocycles. The molecule has 21 heavy (non-hydrogen) atoms. The summed E-state index contributed by atoms with van der Waals surface area (Å²) in [5, 5.41) is 3.41. The van der Waals surface area contributed by atoms with Crippen molar-refractivity contribution in [3.05, 3.63) is 16.0 Å². The number of halogens is 1. The van der Waals surface area contributed by atoms with Crippen molar-refractivity contribution >= 4 is 21.7 Å². The van der Waals surface area contributed by atoms with Crippen LogP contribution in [0.5, 0.6) is 0 Å². The molecule has 1 unspecified atom stereocenters. The van der Waals surface area contributed by atoms with Crippen molar-refractivity contribution < 1.29 is 4.74 Å². The van der Waals surface area contributed by atoms with Gasteiger partial charge in [0.25, 0.3) is 0 Å². The van der Waals surface area contributed by atoms with Gasteiger partial charge in [0.2, 0.25) is 0 Å². The van der Waals surface area contributed by atoms with Gasteiger partial charge in [-0.15, -0.1) is 0 Å². The fraction of sp³-hybridized carbons (Fsp3) is 0.750. The zero-order valence-corrected chi connectivity index (χ0v) is 15.1. The molecule has 5 heteroatoms. The molecule has 4 nitrogen and oxygen atoms in total. The highest BCUT2D eigenvalue weighted by Crippen LogP contribution is 2.33.